The first-order valence-corrected chi connectivity index (χ1v) is 8.31. The molecule has 0 bridgehead atoms. The van der Waals surface area contributed by atoms with Gasteiger partial charge in [-0.2, -0.15) is 8.42 Å². The van der Waals surface area contributed by atoms with Crippen molar-refractivity contribution in [3.8, 4) is 5.75 Å². The van der Waals surface area contributed by atoms with E-state index >= 15 is 0 Å². The van der Waals surface area contributed by atoms with Gasteiger partial charge in [0.1, 0.15) is 18.1 Å². The summed E-state index contributed by atoms with van der Waals surface area (Å²) in [7, 11) is -3.62. The Morgan fingerprint density at radius 2 is 2.05 bits per heavy atom. The van der Waals surface area contributed by atoms with Crippen molar-refractivity contribution in [3.63, 3.8) is 0 Å². The summed E-state index contributed by atoms with van der Waals surface area (Å²) < 4.78 is 33.5. The summed E-state index contributed by atoms with van der Waals surface area (Å²) >= 11 is 0. The Hall–Kier alpha value is -2.08. The summed E-state index contributed by atoms with van der Waals surface area (Å²) in [6.45, 7) is 1.99. The van der Waals surface area contributed by atoms with Gasteiger partial charge in [-0.05, 0) is 23.3 Å². The fourth-order valence-electron chi connectivity index (χ4n) is 2.35. The minimum atomic E-state index is -3.62. The van der Waals surface area contributed by atoms with E-state index in [1.807, 2.05) is 36.4 Å². The largest absolute Gasteiger partial charge is 0.486 e. The molecule has 0 aromatic heterocycles. The van der Waals surface area contributed by atoms with Crippen LogP contribution in [0, 0.1) is 0 Å². The van der Waals surface area contributed by atoms with E-state index in [0.29, 0.717) is 17.9 Å². The first-order valence-electron chi connectivity index (χ1n) is 6.74. The van der Waals surface area contributed by atoms with E-state index < -0.39 is 10.1 Å². The molecule has 1 aliphatic heterocycles. The minimum Gasteiger partial charge on any atom is -0.486 e. The number of ether oxygens (including phenoxy) is 1. The molecule has 1 aliphatic rings. The molecule has 0 aliphatic carbocycles. The van der Waals surface area contributed by atoms with Crippen molar-refractivity contribution in [2.75, 3.05) is 12.4 Å². The fraction of sp³-hybridized carbons (Fsp3) is 0.267. The second kappa shape index (κ2) is 5.37. The third kappa shape index (κ3) is 2.71. The molecule has 0 radical (unpaired) electrons. The van der Waals surface area contributed by atoms with Crippen LogP contribution in [0.5, 0.6) is 5.75 Å². The molecule has 0 atom stereocenters. The lowest BCUT2D eigenvalue weighted by Crippen LogP contribution is -2.10. The molecule has 6 heteroatoms. The number of hydrogen-bond acceptors (Lipinski definition) is 5. The number of rotatable bonds is 4. The highest BCUT2D eigenvalue weighted by Crippen LogP contribution is 2.32. The van der Waals surface area contributed by atoms with Gasteiger partial charge < -0.3 is 4.74 Å². The van der Waals surface area contributed by atoms with Crippen LogP contribution in [0.4, 0.5) is 0 Å². The van der Waals surface area contributed by atoms with Crippen LogP contribution >= 0.6 is 0 Å². The summed E-state index contributed by atoms with van der Waals surface area (Å²) in [6, 6.07) is 11.6. The Labute approximate surface area is 123 Å². The van der Waals surface area contributed by atoms with Crippen LogP contribution < -0.4 is 4.74 Å². The smallest absolute Gasteiger partial charge is 0.328 e. The van der Waals surface area contributed by atoms with Gasteiger partial charge in [-0.25, -0.2) is 0 Å². The number of benzene rings is 2. The Morgan fingerprint density at radius 1 is 1.24 bits per heavy atom. The molecule has 0 N–H and O–H groups in total. The molecule has 110 valence electrons. The van der Waals surface area contributed by atoms with Crippen LogP contribution in [-0.4, -0.2) is 26.5 Å². The van der Waals surface area contributed by atoms with Crippen LogP contribution in [0.2, 0.25) is 0 Å². The second-order valence-corrected chi connectivity index (χ2v) is 6.50. The standard InChI is InChI=1S/C15H15NO4S/c1-2-9-21(17,18)20-16-13-10-19-14-8-7-11-5-3-4-6-12(11)15(13)14/h3-8H,2,9-10H2,1H3. The molecule has 21 heavy (non-hydrogen) atoms. The van der Waals surface area contributed by atoms with Gasteiger partial charge in [0, 0.05) is 0 Å². The van der Waals surface area contributed by atoms with Crippen LogP contribution in [0.15, 0.2) is 41.6 Å². The molecular formula is C15H15NO4S. The SMILES string of the molecule is CCCS(=O)(=O)ON=C1COc2ccc3ccccc3c21. The van der Waals surface area contributed by atoms with E-state index in [1.54, 1.807) is 6.92 Å². The molecule has 0 spiro atoms. The molecular weight excluding hydrogens is 290 g/mol. The zero-order valence-corrected chi connectivity index (χ0v) is 12.4. The van der Waals surface area contributed by atoms with Crippen LogP contribution in [0.3, 0.4) is 0 Å². The third-order valence-corrected chi connectivity index (χ3v) is 4.47. The summed E-state index contributed by atoms with van der Waals surface area (Å²) in [5.74, 6) is 0.650. The van der Waals surface area contributed by atoms with Crippen molar-refractivity contribution < 1.29 is 17.4 Å². The van der Waals surface area contributed by atoms with E-state index in [1.165, 1.54) is 0 Å². The minimum absolute atomic E-state index is 0.0486. The Morgan fingerprint density at radius 3 is 2.86 bits per heavy atom. The summed E-state index contributed by atoms with van der Waals surface area (Å²) in [5.41, 5.74) is 1.31. The fourth-order valence-corrected chi connectivity index (χ4v) is 3.13. The highest BCUT2D eigenvalue weighted by molar-refractivity contribution is 7.86. The first-order chi connectivity index (χ1) is 10.1. The predicted octanol–water partition coefficient (Wildman–Crippen LogP) is 2.69. The van der Waals surface area contributed by atoms with Gasteiger partial charge in [-0.3, -0.25) is 4.28 Å². The van der Waals surface area contributed by atoms with Crippen molar-refractivity contribution in [2.24, 2.45) is 5.16 Å². The van der Waals surface area contributed by atoms with E-state index in [0.717, 1.165) is 16.3 Å². The molecule has 1 heterocycles. The number of nitrogens with zero attached hydrogens (tertiary/aromatic N) is 1. The Kier molecular flexibility index (Phi) is 3.55. The monoisotopic (exact) mass is 305 g/mol. The molecule has 0 saturated heterocycles. The van der Waals surface area contributed by atoms with Crippen LogP contribution in [-0.2, 0) is 14.4 Å². The normalized spacial score (nSPS) is 16.0. The van der Waals surface area contributed by atoms with Crippen molar-refractivity contribution in [2.45, 2.75) is 13.3 Å². The number of fused-ring (bicyclic) bond motifs is 3. The van der Waals surface area contributed by atoms with Gasteiger partial charge in [-0.15, -0.1) is 0 Å². The van der Waals surface area contributed by atoms with E-state index in [9.17, 15) is 8.42 Å². The lowest BCUT2D eigenvalue weighted by molar-refractivity contribution is 0.332. The number of oxime groups is 1. The quantitative estimate of drug-likeness (QED) is 0.815. The van der Waals surface area contributed by atoms with E-state index in [4.69, 9.17) is 9.02 Å². The van der Waals surface area contributed by atoms with Gasteiger partial charge in [-0.1, -0.05) is 42.4 Å². The third-order valence-electron chi connectivity index (χ3n) is 3.26. The van der Waals surface area contributed by atoms with Crippen LogP contribution in [0.25, 0.3) is 10.8 Å². The van der Waals surface area contributed by atoms with Crippen LogP contribution in [0.1, 0.15) is 18.9 Å². The van der Waals surface area contributed by atoms with Gasteiger partial charge in [0.2, 0.25) is 0 Å². The van der Waals surface area contributed by atoms with Crippen molar-refractivity contribution in [1.29, 1.82) is 0 Å². The molecule has 0 amide bonds. The van der Waals surface area contributed by atoms with Gasteiger partial charge in [0.15, 0.2) is 0 Å². The van der Waals surface area contributed by atoms with Crippen molar-refractivity contribution in [1.82, 2.24) is 0 Å². The molecule has 2 aromatic carbocycles. The summed E-state index contributed by atoms with van der Waals surface area (Å²) in [6.07, 6.45) is 0.489. The van der Waals surface area contributed by atoms with Crippen molar-refractivity contribution in [3.05, 3.63) is 42.0 Å². The van der Waals surface area contributed by atoms with E-state index in [2.05, 4.69) is 5.16 Å². The highest BCUT2D eigenvalue weighted by atomic mass is 32.2. The summed E-state index contributed by atoms with van der Waals surface area (Å²) in [5, 5.41) is 5.83. The lowest BCUT2D eigenvalue weighted by Gasteiger charge is -2.04. The average molecular weight is 305 g/mol. The van der Waals surface area contributed by atoms with Crippen molar-refractivity contribution >= 4 is 26.6 Å². The topological polar surface area (TPSA) is 65.0 Å². The zero-order chi connectivity index (χ0) is 14.9. The summed E-state index contributed by atoms with van der Waals surface area (Å²) in [4.78, 5) is 0. The Balaban J connectivity index is 2.02. The first kappa shape index (κ1) is 13.9. The molecule has 5 nitrogen and oxygen atoms in total. The molecule has 2 aromatic rings. The van der Waals surface area contributed by atoms with Gasteiger partial charge >= 0.3 is 10.1 Å². The number of hydrogen-bond donors (Lipinski definition) is 0. The maximum atomic E-state index is 11.6. The molecule has 3 rings (SSSR count). The van der Waals surface area contributed by atoms with E-state index in [-0.39, 0.29) is 12.4 Å². The molecule has 0 fully saturated rings. The molecule has 0 saturated carbocycles. The maximum Gasteiger partial charge on any atom is 0.328 e. The predicted molar refractivity (Wildman–Crippen MR) is 81.1 cm³/mol. The maximum absolute atomic E-state index is 11.6. The second-order valence-electron chi connectivity index (χ2n) is 4.82. The highest BCUT2D eigenvalue weighted by Gasteiger charge is 2.23. The average Bonchev–Trinajstić information content (AvgIpc) is 2.89. The van der Waals surface area contributed by atoms with Gasteiger partial charge in [0.25, 0.3) is 0 Å². The molecule has 0 unspecified atom stereocenters. The zero-order valence-electron chi connectivity index (χ0n) is 11.6. The lowest BCUT2D eigenvalue weighted by atomic mass is 10.0. The Bertz CT molecular complexity index is 812. The van der Waals surface area contributed by atoms with Gasteiger partial charge in [0.05, 0.1) is 11.3 Å².